The Morgan fingerprint density at radius 2 is 2.21 bits per heavy atom. The first-order valence-corrected chi connectivity index (χ1v) is 7.85. The molecule has 104 valence electrons. The molecule has 3 nitrogen and oxygen atoms in total. The van der Waals surface area contributed by atoms with Crippen LogP contribution >= 0.6 is 45.8 Å². The number of likely N-dealkylation sites (tertiary alicyclic amines) is 1. The van der Waals surface area contributed by atoms with Crippen LogP contribution in [-0.2, 0) is 0 Å². The minimum Gasteiger partial charge on any atom is -0.393 e. The normalized spacial score (nSPS) is 20.7. The number of nitrogens with zero attached hydrogens (tertiary/aromatic N) is 1. The van der Waals surface area contributed by atoms with Gasteiger partial charge in [-0.1, -0.05) is 23.2 Å². The van der Waals surface area contributed by atoms with Gasteiger partial charge in [-0.05, 0) is 48.1 Å². The first-order chi connectivity index (χ1) is 8.90. The fourth-order valence-corrected chi connectivity index (χ4v) is 3.28. The zero-order valence-corrected chi connectivity index (χ0v) is 14.0. The number of aliphatic hydroxyl groups is 1. The lowest BCUT2D eigenvalue weighted by Crippen LogP contribution is -2.31. The summed E-state index contributed by atoms with van der Waals surface area (Å²) >= 11 is 14.1. The summed E-state index contributed by atoms with van der Waals surface area (Å²) in [6.07, 6.45) is 0.439. The Morgan fingerprint density at radius 1 is 1.53 bits per heavy atom. The number of carbonyl (C=O) groups is 1. The maximum Gasteiger partial charge on any atom is 0.255 e. The van der Waals surface area contributed by atoms with E-state index in [0.717, 1.165) is 6.42 Å². The second-order valence-corrected chi connectivity index (χ2v) is 6.71. The van der Waals surface area contributed by atoms with Crippen molar-refractivity contribution in [3.63, 3.8) is 0 Å². The molecule has 0 aromatic heterocycles. The number of aliphatic hydroxyl groups excluding tert-OH is 1. The molecule has 0 aliphatic carbocycles. The molecule has 0 bridgehead atoms. The summed E-state index contributed by atoms with van der Waals surface area (Å²) in [5.74, 6) is 0.0771. The Kier molecular flexibility index (Phi) is 4.98. The molecule has 6 heteroatoms. The topological polar surface area (TPSA) is 40.5 Å². The van der Waals surface area contributed by atoms with Crippen molar-refractivity contribution in [1.29, 1.82) is 0 Å². The van der Waals surface area contributed by atoms with E-state index in [1.807, 2.05) is 0 Å². The fourth-order valence-electron chi connectivity index (χ4n) is 2.25. The molecule has 0 spiro atoms. The van der Waals surface area contributed by atoms with Crippen LogP contribution in [0, 0.1) is 9.49 Å². The molecule has 1 N–H and O–H groups in total. The molecule has 2 rings (SSSR count). The van der Waals surface area contributed by atoms with Crippen molar-refractivity contribution in [2.75, 3.05) is 13.1 Å². The first kappa shape index (κ1) is 15.4. The van der Waals surface area contributed by atoms with E-state index in [1.165, 1.54) is 0 Å². The summed E-state index contributed by atoms with van der Waals surface area (Å²) < 4.78 is 0.717. The fraction of sp³-hybridized carbons (Fsp3) is 0.462. The summed E-state index contributed by atoms with van der Waals surface area (Å²) in [4.78, 5) is 14.2. The zero-order chi connectivity index (χ0) is 14.2. The number of halogens is 3. The molecule has 1 fully saturated rings. The monoisotopic (exact) mass is 413 g/mol. The van der Waals surface area contributed by atoms with E-state index >= 15 is 0 Å². The third kappa shape index (κ3) is 3.35. The van der Waals surface area contributed by atoms with Gasteiger partial charge in [0.15, 0.2) is 0 Å². The van der Waals surface area contributed by atoms with E-state index in [2.05, 4.69) is 22.6 Å². The average molecular weight is 414 g/mol. The van der Waals surface area contributed by atoms with Crippen LogP contribution in [0.15, 0.2) is 12.1 Å². The van der Waals surface area contributed by atoms with E-state index < -0.39 is 0 Å². The SMILES string of the molecule is CC(O)C1CCN(C(=O)c2cc(Cl)cc(Cl)c2I)C1. The molecule has 2 unspecified atom stereocenters. The van der Waals surface area contributed by atoms with Gasteiger partial charge in [0.1, 0.15) is 0 Å². The van der Waals surface area contributed by atoms with Crippen molar-refractivity contribution in [2.45, 2.75) is 19.4 Å². The standard InChI is InChI=1S/C13H14Cl2INO2/c1-7(18)8-2-3-17(6-8)13(19)10-4-9(14)5-11(15)12(10)16/h4-5,7-8,18H,2-3,6H2,1H3. The van der Waals surface area contributed by atoms with Crippen LogP contribution in [0.2, 0.25) is 10.0 Å². The van der Waals surface area contributed by atoms with Gasteiger partial charge in [-0.2, -0.15) is 0 Å². The largest absolute Gasteiger partial charge is 0.393 e. The predicted octanol–water partition coefficient (Wildman–Crippen LogP) is 3.44. The van der Waals surface area contributed by atoms with E-state index in [1.54, 1.807) is 24.0 Å². The van der Waals surface area contributed by atoms with E-state index in [0.29, 0.717) is 32.3 Å². The highest BCUT2D eigenvalue weighted by molar-refractivity contribution is 14.1. The highest BCUT2D eigenvalue weighted by Crippen LogP contribution is 2.29. The van der Waals surface area contributed by atoms with Crippen LogP contribution in [-0.4, -0.2) is 35.1 Å². The Bertz CT molecular complexity index is 508. The van der Waals surface area contributed by atoms with E-state index in [9.17, 15) is 9.90 Å². The molecule has 1 amide bonds. The van der Waals surface area contributed by atoms with Gasteiger partial charge < -0.3 is 10.0 Å². The molecule has 1 saturated heterocycles. The number of amides is 1. The van der Waals surface area contributed by atoms with E-state index in [-0.39, 0.29) is 17.9 Å². The molecular weight excluding hydrogens is 400 g/mol. The molecule has 1 aromatic rings. The van der Waals surface area contributed by atoms with Gasteiger partial charge in [0, 0.05) is 27.6 Å². The molecule has 0 saturated carbocycles. The second kappa shape index (κ2) is 6.16. The minimum atomic E-state index is -0.389. The Balaban J connectivity index is 2.22. The number of carbonyl (C=O) groups excluding carboxylic acids is 1. The van der Waals surface area contributed by atoms with Gasteiger partial charge in [0.25, 0.3) is 5.91 Å². The molecule has 2 atom stereocenters. The first-order valence-electron chi connectivity index (χ1n) is 6.02. The average Bonchev–Trinajstić information content (AvgIpc) is 2.82. The lowest BCUT2D eigenvalue weighted by molar-refractivity contribution is 0.0761. The van der Waals surface area contributed by atoms with Crippen molar-refractivity contribution < 1.29 is 9.90 Å². The third-order valence-corrected chi connectivity index (χ3v) is 5.41. The lowest BCUT2D eigenvalue weighted by Gasteiger charge is -2.19. The number of benzene rings is 1. The molecular formula is C13H14Cl2INO2. The van der Waals surface area contributed by atoms with E-state index in [4.69, 9.17) is 23.2 Å². The Labute approximate surface area is 136 Å². The summed E-state index contributed by atoms with van der Waals surface area (Å²) in [6, 6.07) is 3.28. The number of rotatable bonds is 2. The highest BCUT2D eigenvalue weighted by atomic mass is 127. The van der Waals surface area contributed by atoms with Crippen LogP contribution in [0.4, 0.5) is 0 Å². The Morgan fingerprint density at radius 3 is 2.79 bits per heavy atom. The van der Waals surface area contributed by atoms with Crippen molar-refractivity contribution >= 4 is 51.7 Å². The van der Waals surface area contributed by atoms with Crippen LogP contribution in [0.25, 0.3) is 0 Å². The summed E-state index contributed by atoms with van der Waals surface area (Å²) in [7, 11) is 0. The molecule has 0 radical (unpaired) electrons. The van der Waals surface area contributed by atoms with Crippen LogP contribution in [0.1, 0.15) is 23.7 Å². The van der Waals surface area contributed by atoms with Gasteiger partial charge in [-0.15, -0.1) is 0 Å². The third-order valence-electron chi connectivity index (χ3n) is 3.42. The minimum absolute atomic E-state index is 0.0723. The van der Waals surface area contributed by atoms with Gasteiger partial charge >= 0.3 is 0 Å². The molecule has 1 aliphatic rings. The Hall–Kier alpha value is -0.0400. The molecule has 19 heavy (non-hydrogen) atoms. The number of hydrogen-bond donors (Lipinski definition) is 1. The predicted molar refractivity (Wildman–Crippen MR) is 84.9 cm³/mol. The van der Waals surface area contributed by atoms with Gasteiger partial charge in [0.2, 0.25) is 0 Å². The quantitative estimate of drug-likeness (QED) is 0.595. The zero-order valence-electron chi connectivity index (χ0n) is 10.4. The van der Waals surface area contributed by atoms with Crippen LogP contribution in [0.5, 0.6) is 0 Å². The van der Waals surface area contributed by atoms with Crippen LogP contribution in [0.3, 0.4) is 0 Å². The van der Waals surface area contributed by atoms with Crippen molar-refractivity contribution in [3.05, 3.63) is 31.3 Å². The van der Waals surface area contributed by atoms with Gasteiger partial charge in [-0.25, -0.2) is 0 Å². The smallest absolute Gasteiger partial charge is 0.255 e. The summed E-state index contributed by atoms with van der Waals surface area (Å²) in [6.45, 7) is 3.00. The van der Waals surface area contributed by atoms with Crippen LogP contribution < -0.4 is 0 Å². The maximum atomic E-state index is 12.5. The molecule has 1 aliphatic heterocycles. The molecule has 1 aromatic carbocycles. The number of hydrogen-bond acceptors (Lipinski definition) is 2. The van der Waals surface area contributed by atoms with Gasteiger partial charge in [-0.3, -0.25) is 4.79 Å². The summed E-state index contributed by atoms with van der Waals surface area (Å²) in [5.41, 5.74) is 0.532. The van der Waals surface area contributed by atoms with Crippen molar-refractivity contribution in [2.24, 2.45) is 5.92 Å². The summed E-state index contributed by atoms with van der Waals surface area (Å²) in [5, 5.41) is 10.5. The van der Waals surface area contributed by atoms with Crippen molar-refractivity contribution in [3.8, 4) is 0 Å². The highest BCUT2D eigenvalue weighted by Gasteiger charge is 2.30. The molecule has 1 heterocycles. The van der Waals surface area contributed by atoms with Gasteiger partial charge in [0.05, 0.1) is 16.7 Å². The maximum absolute atomic E-state index is 12.5. The van der Waals surface area contributed by atoms with Crippen molar-refractivity contribution in [1.82, 2.24) is 4.90 Å². The second-order valence-electron chi connectivity index (χ2n) is 4.79. The lowest BCUT2D eigenvalue weighted by atomic mass is 10.0.